The zero-order valence-electron chi connectivity index (χ0n) is 11.7. The Balaban J connectivity index is 1.83. The lowest BCUT2D eigenvalue weighted by molar-refractivity contribution is 0.161. The van der Waals surface area contributed by atoms with Crippen LogP contribution >= 0.6 is 0 Å². The molecular formula is C14H23N3O2. The fraction of sp³-hybridized carbons (Fsp3) is 0.643. The van der Waals surface area contributed by atoms with E-state index in [0.717, 1.165) is 31.7 Å². The second kappa shape index (κ2) is 6.21. The minimum absolute atomic E-state index is 0.290. The van der Waals surface area contributed by atoms with E-state index in [2.05, 4.69) is 10.3 Å². The Kier molecular flexibility index (Phi) is 4.61. The molecule has 1 aromatic heterocycles. The van der Waals surface area contributed by atoms with Crippen LogP contribution in [0.3, 0.4) is 0 Å². The lowest BCUT2D eigenvalue weighted by atomic mass is 10.1. The van der Waals surface area contributed by atoms with E-state index in [9.17, 15) is 0 Å². The molecule has 1 aliphatic rings. The molecule has 5 heteroatoms. The first-order chi connectivity index (χ1) is 9.03. The van der Waals surface area contributed by atoms with Gasteiger partial charge in [0.05, 0.1) is 6.20 Å². The van der Waals surface area contributed by atoms with Gasteiger partial charge in [-0.05, 0) is 45.8 Å². The van der Waals surface area contributed by atoms with E-state index >= 15 is 0 Å². The van der Waals surface area contributed by atoms with Gasteiger partial charge in [0.2, 0.25) is 5.88 Å². The maximum atomic E-state index is 5.87. The van der Waals surface area contributed by atoms with Crippen molar-refractivity contribution in [3.63, 3.8) is 0 Å². The topological polar surface area (TPSA) is 69.4 Å². The quantitative estimate of drug-likeness (QED) is 0.840. The summed E-state index contributed by atoms with van der Waals surface area (Å²) in [7, 11) is 0. The second-order valence-electron chi connectivity index (χ2n) is 5.68. The monoisotopic (exact) mass is 265 g/mol. The van der Waals surface area contributed by atoms with E-state index < -0.39 is 0 Å². The first-order valence-corrected chi connectivity index (χ1v) is 6.78. The molecular weight excluding hydrogens is 242 g/mol. The van der Waals surface area contributed by atoms with Crippen molar-refractivity contribution in [2.75, 3.05) is 19.7 Å². The van der Waals surface area contributed by atoms with Crippen LogP contribution in [0.15, 0.2) is 18.3 Å². The van der Waals surface area contributed by atoms with Gasteiger partial charge < -0.3 is 20.5 Å². The molecule has 2 rings (SSSR count). The lowest BCUT2D eigenvalue weighted by Crippen LogP contribution is -2.38. The van der Waals surface area contributed by atoms with E-state index in [-0.39, 0.29) is 11.6 Å². The lowest BCUT2D eigenvalue weighted by Gasteiger charge is -2.23. The van der Waals surface area contributed by atoms with Crippen LogP contribution in [0.1, 0.15) is 26.7 Å². The highest BCUT2D eigenvalue weighted by Crippen LogP contribution is 2.18. The number of pyridine rings is 1. The Morgan fingerprint density at radius 1 is 1.37 bits per heavy atom. The zero-order valence-corrected chi connectivity index (χ0v) is 11.7. The summed E-state index contributed by atoms with van der Waals surface area (Å²) in [5.41, 5.74) is 5.50. The largest absolute Gasteiger partial charge is 0.489 e. The SMILES string of the molecule is CC(C)(N)COc1ccc(OC2CCNCC2)cn1. The molecule has 19 heavy (non-hydrogen) atoms. The molecule has 0 aliphatic carbocycles. The molecule has 0 unspecified atom stereocenters. The molecule has 1 saturated heterocycles. The van der Waals surface area contributed by atoms with E-state index in [4.69, 9.17) is 15.2 Å². The van der Waals surface area contributed by atoms with Crippen LogP contribution in [0.25, 0.3) is 0 Å². The summed E-state index contributed by atoms with van der Waals surface area (Å²) in [5.74, 6) is 1.38. The number of rotatable bonds is 5. The van der Waals surface area contributed by atoms with Crippen molar-refractivity contribution < 1.29 is 9.47 Å². The molecule has 0 amide bonds. The van der Waals surface area contributed by atoms with Crippen molar-refractivity contribution >= 4 is 0 Å². The number of nitrogens with one attached hydrogen (secondary N) is 1. The number of aromatic nitrogens is 1. The normalized spacial score (nSPS) is 17.2. The molecule has 0 saturated carbocycles. The molecule has 0 spiro atoms. The maximum absolute atomic E-state index is 5.87. The Labute approximate surface area is 114 Å². The summed E-state index contributed by atoms with van der Waals surface area (Å²) in [6.07, 6.45) is 4.08. The molecule has 1 aromatic rings. The van der Waals surface area contributed by atoms with E-state index in [0.29, 0.717) is 12.5 Å². The molecule has 2 heterocycles. The number of hydrogen-bond acceptors (Lipinski definition) is 5. The first-order valence-electron chi connectivity index (χ1n) is 6.78. The summed E-state index contributed by atoms with van der Waals surface area (Å²) < 4.78 is 11.4. The Morgan fingerprint density at radius 2 is 2.11 bits per heavy atom. The van der Waals surface area contributed by atoms with Crippen molar-refractivity contribution in [3.8, 4) is 11.6 Å². The summed E-state index contributed by atoms with van der Waals surface area (Å²) in [6.45, 7) is 6.31. The van der Waals surface area contributed by atoms with Crippen molar-refractivity contribution in [1.29, 1.82) is 0 Å². The third-order valence-corrected chi connectivity index (χ3v) is 2.89. The van der Waals surface area contributed by atoms with Gasteiger partial charge in [-0.15, -0.1) is 0 Å². The average Bonchev–Trinajstić information content (AvgIpc) is 2.38. The van der Waals surface area contributed by atoms with E-state index in [1.807, 2.05) is 26.0 Å². The number of piperidine rings is 1. The van der Waals surface area contributed by atoms with E-state index in [1.54, 1.807) is 6.20 Å². The van der Waals surface area contributed by atoms with E-state index in [1.165, 1.54) is 0 Å². The molecule has 0 radical (unpaired) electrons. The molecule has 1 aliphatic heterocycles. The zero-order chi connectivity index (χ0) is 13.7. The van der Waals surface area contributed by atoms with Crippen LogP contribution in [-0.4, -0.2) is 36.3 Å². The molecule has 1 fully saturated rings. The second-order valence-corrected chi connectivity index (χ2v) is 5.68. The minimum atomic E-state index is -0.355. The third kappa shape index (κ3) is 5.04. The third-order valence-electron chi connectivity index (χ3n) is 2.89. The maximum Gasteiger partial charge on any atom is 0.213 e. The van der Waals surface area contributed by atoms with Gasteiger partial charge in [-0.1, -0.05) is 0 Å². The van der Waals surface area contributed by atoms with Crippen molar-refractivity contribution in [1.82, 2.24) is 10.3 Å². The van der Waals surface area contributed by atoms with Crippen molar-refractivity contribution in [2.24, 2.45) is 5.73 Å². The van der Waals surface area contributed by atoms with Crippen molar-refractivity contribution in [3.05, 3.63) is 18.3 Å². The highest BCUT2D eigenvalue weighted by atomic mass is 16.5. The Morgan fingerprint density at radius 3 is 2.68 bits per heavy atom. The molecule has 3 N–H and O–H groups in total. The van der Waals surface area contributed by atoms with Gasteiger partial charge in [0, 0.05) is 11.6 Å². The van der Waals surface area contributed by atoms with Gasteiger partial charge in [-0.2, -0.15) is 0 Å². The molecule has 5 nitrogen and oxygen atoms in total. The molecule has 0 aromatic carbocycles. The standard InChI is InChI=1S/C14H23N3O2/c1-14(2,15)10-18-13-4-3-12(9-17-13)19-11-5-7-16-8-6-11/h3-4,9,11,16H,5-8,10,15H2,1-2H3. The molecule has 106 valence electrons. The smallest absolute Gasteiger partial charge is 0.213 e. The van der Waals surface area contributed by atoms with Crippen molar-refractivity contribution in [2.45, 2.75) is 38.3 Å². The van der Waals surface area contributed by atoms with Gasteiger partial charge in [-0.3, -0.25) is 0 Å². The van der Waals surface area contributed by atoms with Crippen LogP contribution in [0, 0.1) is 0 Å². The van der Waals surface area contributed by atoms with Gasteiger partial charge in [0.25, 0.3) is 0 Å². The molecule has 0 atom stereocenters. The van der Waals surface area contributed by atoms with Crippen LogP contribution in [-0.2, 0) is 0 Å². The van der Waals surface area contributed by atoms with Gasteiger partial charge in [-0.25, -0.2) is 4.98 Å². The summed E-state index contributed by atoms with van der Waals surface area (Å²) >= 11 is 0. The number of ether oxygens (including phenoxy) is 2. The minimum Gasteiger partial charge on any atom is -0.489 e. The number of nitrogens with two attached hydrogens (primary N) is 1. The average molecular weight is 265 g/mol. The first kappa shape index (κ1) is 14.1. The van der Waals surface area contributed by atoms with Crippen LogP contribution < -0.4 is 20.5 Å². The fourth-order valence-electron chi connectivity index (χ4n) is 1.89. The summed E-state index contributed by atoms with van der Waals surface area (Å²) in [5, 5.41) is 3.31. The summed E-state index contributed by atoms with van der Waals surface area (Å²) in [4.78, 5) is 4.23. The van der Waals surface area contributed by atoms with Crippen LogP contribution in [0.4, 0.5) is 0 Å². The number of nitrogens with zero attached hydrogens (tertiary/aromatic N) is 1. The van der Waals surface area contributed by atoms with Gasteiger partial charge >= 0.3 is 0 Å². The van der Waals surface area contributed by atoms with Gasteiger partial charge in [0.1, 0.15) is 18.5 Å². The predicted octanol–water partition coefficient (Wildman–Crippen LogP) is 1.33. The van der Waals surface area contributed by atoms with Gasteiger partial charge in [0.15, 0.2) is 0 Å². The fourth-order valence-corrected chi connectivity index (χ4v) is 1.89. The Hall–Kier alpha value is -1.33. The highest BCUT2D eigenvalue weighted by molar-refractivity contribution is 5.23. The number of hydrogen-bond donors (Lipinski definition) is 2. The van der Waals surface area contributed by atoms with Crippen LogP contribution in [0.5, 0.6) is 11.6 Å². The highest BCUT2D eigenvalue weighted by Gasteiger charge is 2.15. The Bertz CT molecular complexity index is 381. The van der Waals surface area contributed by atoms with Crippen LogP contribution in [0.2, 0.25) is 0 Å². The molecule has 0 bridgehead atoms. The summed E-state index contributed by atoms with van der Waals surface area (Å²) in [6, 6.07) is 3.72. The predicted molar refractivity (Wildman–Crippen MR) is 74.5 cm³/mol.